The molecule has 1 aliphatic heterocycles. The summed E-state index contributed by atoms with van der Waals surface area (Å²) in [6.07, 6.45) is 2.03. The molecule has 0 aliphatic carbocycles. The Morgan fingerprint density at radius 1 is 1.03 bits per heavy atom. The van der Waals surface area contributed by atoms with Crippen LogP contribution in [0, 0.1) is 19.8 Å². The number of carbonyl (C=O) groups excluding carboxylic acids is 2. The van der Waals surface area contributed by atoms with Crippen molar-refractivity contribution in [2.24, 2.45) is 11.1 Å². The normalized spacial score (nSPS) is 15.2. The Labute approximate surface area is 195 Å². The minimum Gasteiger partial charge on any atom is -0.356 e. The Morgan fingerprint density at radius 2 is 1.70 bits per heavy atom. The summed E-state index contributed by atoms with van der Waals surface area (Å²) < 4.78 is 22.6. The van der Waals surface area contributed by atoms with Crippen molar-refractivity contribution in [1.82, 2.24) is 10.2 Å². The quantitative estimate of drug-likeness (QED) is 0.542. The zero-order valence-corrected chi connectivity index (χ0v) is 20.0. The molecule has 178 valence electrons. The summed E-state index contributed by atoms with van der Waals surface area (Å²) in [5, 5.41) is 11.0. The number of nitrogens with one attached hydrogen (secondary N) is 2. The van der Waals surface area contributed by atoms with Gasteiger partial charge in [-0.25, -0.2) is 13.6 Å². The molecule has 3 rings (SSSR count). The second-order valence-electron chi connectivity index (χ2n) is 8.63. The molecule has 8 nitrogen and oxygen atoms in total. The molecule has 1 saturated heterocycles. The molecule has 9 heteroatoms. The molecule has 1 aliphatic rings. The summed E-state index contributed by atoms with van der Waals surface area (Å²) in [7, 11) is -3.70. The smallest absolute Gasteiger partial charge is 0.238 e. The monoisotopic (exact) mass is 472 g/mol. The highest BCUT2D eigenvalue weighted by Gasteiger charge is 2.25. The maximum atomic E-state index is 12.5. The van der Waals surface area contributed by atoms with E-state index >= 15 is 0 Å². The number of sulfonamides is 1. The van der Waals surface area contributed by atoms with Crippen molar-refractivity contribution in [3.63, 3.8) is 0 Å². The van der Waals surface area contributed by atoms with Crippen molar-refractivity contribution in [3.05, 3.63) is 59.2 Å². The van der Waals surface area contributed by atoms with Crippen molar-refractivity contribution in [2.45, 2.75) is 38.0 Å². The number of rotatable bonds is 8. The molecule has 0 unspecified atom stereocenters. The van der Waals surface area contributed by atoms with Crippen LogP contribution in [0.1, 0.15) is 29.5 Å². The van der Waals surface area contributed by atoms with Gasteiger partial charge < -0.3 is 10.6 Å². The van der Waals surface area contributed by atoms with Crippen LogP contribution in [0.15, 0.2) is 47.4 Å². The zero-order valence-electron chi connectivity index (χ0n) is 19.1. The lowest BCUT2D eigenvalue weighted by atomic mass is 9.96. The standard InChI is InChI=1S/C24H32N4O4S/c1-17-3-6-21(15-18(17)2)27-23(29)16-28-13-10-20(11-14-28)24(30)26-12-9-19-4-7-22(8-5-19)33(25,31)32/h3-8,15,20H,9-14,16H2,1-2H3,(H,26,30)(H,27,29)(H2,25,31,32). The van der Waals surface area contributed by atoms with Crippen molar-refractivity contribution in [2.75, 3.05) is 31.5 Å². The van der Waals surface area contributed by atoms with Crippen molar-refractivity contribution < 1.29 is 18.0 Å². The van der Waals surface area contributed by atoms with E-state index < -0.39 is 10.0 Å². The first-order chi connectivity index (χ1) is 15.6. The average Bonchev–Trinajstić information content (AvgIpc) is 2.76. The zero-order chi connectivity index (χ0) is 24.0. The summed E-state index contributed by atoms with van der Waals surface area (Å²) in [5.41, 5.74) is 4.05. The third kappa shape index (κ3) is 7.38. The van der Waals surface area contributed by atoms with Gasteiger partial charge in [0.1, 0.15) is 0 Å². The number of nitrogens with zero attached hydrogens (tertiary/aromatic N) is 1. The Morgan fingerprint density at radius 3 is 2.30 bits per heavy atom. The largest absolute Gasteiger partial charge is 0.356 e. The van der Waals surface area contributed by atoms with Crippen molar-refractivity contribution >= 4 is 27.5 Å². The van der Waals surface area contributed by atoms with Crippen LogP contribution in [0.4, 0.5) is 5.69 Å². The van der Waals surface area contributed by atoms with Crippen LogP contribution in [-0.2, 0) is 26.0 Å². The molecule has 0 bridgehead atoms. The minimum atomic E-state index is -3.70. The molecule has 0 spiro atoms. The number of benzene rings is 2. The van der Waals surface area contributed by atoms with E-state index in [2.05, 4.69) is 15.5 Å². The Bertz CT molecular complexity index is 1090. The van der Waals surface area contributed by atoms with Gasteiger partial charge in [-0.2, -0.15) is 0 Å². The fourth-order valence-corrected chi connectivity index (χ4v) is 4.41. The molecule has 33 heavy (non-hydrogen) atoms. The first-order valence-electron chi connectivity index (χ1n) is 11.1. The van der Waals surface area contributed by atoms with Crippen LogP contribution in [-0.4, -0.2) is 51.3 Å². The number of aryl methyl sites for hydroxylation is 2. The third-order valence-electron chi connectivity index (χ3n) is 6.08. The maximum Gasteiger partial charge on any atom is 0.238 e. The van der Waals surface area contributed by atoms with E-state index in [9.17, 15) is 18.0 Å². The van der Waals surface area contributed by atoms with E-state index in [0.717, 1.165) is 16.8 Å². The van der Waals surface area contributed by atoms with Crippen LogP contribution in [0.5, 0.6) is 0 Å². The summed E-state index contributed by atoms with van der Waals surface area (Å²) in [6.45, 7) is 6.25. The summed E-state index contributed by atoms with van der Waals surface area (Å²) in [4.78, 5) is 27.0. The predicted molar refractivity (Wildman–Crippen MR) is 128 cm³/mol. The molecule has 2 aromatic carbocycles. The number of hydrogen-bond acceptors (Lipinski definition) is 5. The van der Waals surface area contributed by atoms with E-state index in [4.69, 9.17) is 5.14 Å². The second-order valence-corrected chi connectivity index (χ2v) is 10.2. The molecule has 2 amide bonds. The highest BCUT2D eigenvalue weighted by atomic mass is 32.2. The van der Waals surface area contributed by atoms with Crippen LogP contribution < -0.4 is 15.8 Å². The van der Waals surface area contributed by atoms with E-state index in [1.165, 1.54) is 17.7 Å². The second kappa shape index (κ2) is 10.9. The third-order valence-corrected chi connectivity index (χ3v) is 7.01. The SMILES string of the molecule is Cc1ccc(NC(=O)CN2CCC(C(=O)NCCc3ccc(S(N)(=O)=O)cc3)CC2)cc1C. The lowest BCUT2D eigenvalue weighted by Crippen LogP contribution is -2.43. The molecule has 0 atom stereocenters. The fourth-order valence-electron chi connectivity index (χ4n) is 3.90. The van der Waals surface area contributed by atoms with Gasteiger partial charge in [-0.1, -0.05) is 18.2 Å². The molecule has 0 aromatic heterocycles. The van der Waals surface area contributed by atoms with Gasteiger partial charge in [-0.15, -0.1) is 0 Å². The molecular formula is C24H32N4O4S. The number of amides is 2. The number of piperidine rings is 1. The Hall–Kier alpha value is -2.75. The summed E-state index contributed by atoms with van der Waals surface area (Å²) in [5.74, 6) is -0.0844. The number of likely N-dealkylation sites (tertiary alicyclic amines) is 1. The molecule has 1 fully saturated rings. The van der Waals surface area contributed by atoms with Gasteiger partial charge in [-0.3, -0.25) is 14.5 Å². The van der Waals surface area contributed by atoms with Crippen molar-refractivity contribution in [3.8, 4) is 0 Å². The van der Waals surface area contributed by atoms with Gasteiger partial charge in [0, 0.05) is 18.2 Å². The highest BCUT2D eigenvalue weighted by Crippen LogP contribution is 2.18. The number of hydrogen-bond donors (Lipinski definition) is 3. The lowest BCUT2D eigenvalue weighted by Gasteiger charge is -2.30. The first-order valence-corrected chi connectivity index (χ1v) is 12.7. The summed E-state index contributed by atoms with van der Waals surface area (Å²) >= 11 is 0. The van der Waals surface area contributed by atoms with Crippen LogP contribution >= 0.6 is 0 Å². The van der Waals surface area contributed by atoms with Gasteiger partial charge in [0.25, 0.3) is 0 Å². The molecule has 0 radical (unpaired) electrons. The van der Waals surface area contributed by atoms with Crippen LogP contribution in [0.3, 0.4) is 0 Å². The van der Waals surface area contributed by atoms with E-state index in [1.54, 1.807) is 12.1 Å². The Kier molecular flexibility index (Phi) is 8.23. The molecule has 4 N–H and O–H groups in total. The Balaban J connectivity index is 1.37. The van der Waals surface area contributed by atoms with E-state index in [0.29, 0.717) is 45.4 Å². The van der Waals surface area contributed by atoms with Gasteiger partial charge >= 0.3 is 0 Å². The molecule has 1 heterocycles. The van der Waals surface area contributed by atoms with E-state index in [1.807, 2.05) is 32.0 Å². The fraction of sp³-hybridized carbons (Fsp3) is 0.417. The van der Waals surface area contributed by atoms with Gasteiger partial charge in [-0.05, 0) is 87.2 Å². The predicted octanol–water partition coefficient (Wildman–Crippen LogP) is 1.96. The molecular weight excluding hydrogens is 440 g/mol. The number of anilines is 1. The topological polar surface area (TPSA) is 122 Å². The van der Waals surface area contributed by atoms with Crippen LogP contribution in [0.25, 0.3) is 0 Å². The number of nitrogens with two attached hydrogens (primary N) is 1. The highest BCUT2D eigenvalue weighted by molar-refractivity contribution is 7.89. The summed E-state index contributed by atoms with van der Waals surface area (Å²) in [6, 6.07) is 12.2. The lowest BCUT2D eigenvalue weighted by molar-refractivity contribution is -0.126. The van der Waals surface area contributed by atoms with E-state index in [-0.39, 0.29) is 22.6 Å². The number of primary sulfonamides is 1. The van der Waals surface area contributed by atoms with Gasteiger partial charge in [0.05, 0.1) is 11.4 Å². The first kappa shape index (κ1) is 24.9. The average molecular weight is 473 g/mol. The molecule has 0 saturated carbocycles. The minimum absolute atomic E-state index is 0.0235. The maximum absolute atomic E-state index is 12.5. The van der Waals surface area contributed by atoms with Crippen LogP contribution in [0.2, 0.25) is 0 Å². The number of carbonyl (C=O) groups is 2. The molecule has 2 aromatic rings. The van der Waals surface area contributed by atoms with Gasteiger partial charge in [0.15, 0.2) is 0 Å². The van der Waals surface area contributed by atoms with Gasteiger partial charge in [0.2, 0.25) is 21.8 Å². The van der Waals surface area contributed by atoms with Crippen molar-refractivity contribution in [1.29, 1.82) is 0 Å².